The summed E-state index contributed by atoms with van der Waals surface area (Å²) in [6, 6.07) is 5.07. The Kier molecular flexibility index (Phi) is 3.24. The first kappa shape index (κ1) is 13.1. The summed E-state index contributed by atoms with van der Waals surface area (Å²) < 4.78 is 39.8. The average Bonchev–Trinajstić information content (AvgIpc) is 2.78. The topological polar surface area (TPSA) is 61.0 Å². The fourth-order valence-electron chi connectivity index (χ4n) is 1.69. The van der Waals surface area contributed by atoms with Gasteiger partial charge in [0.05, 0.1) is 4.92 Å². The molecule has 1 unspecified atom stereocenters. The average molecular weight is 271 g/mol. The van der Waals surface area contributed by atoms with Gasteiger partial charge in [-0.1, -0.05) is 30.3 Å². The summed E-state index contributed by atoms with van der Waals surface area (Å²) in [7, 11) is 0. The molecule has 1 aromatic heterocycles. The molecule has 0 saturated carbocycles. The highest BCUT2D eigenvalue weighted by atomic mass is 19.4. The number of rotatable bonds is 3. The molecule has 100 valence electrons. The van der Waals surface area contributed by atoms with Gasteiger partial charge in [0.15, 0.2) is 6.04 Å². The number of nitro groups is 1. The second-order valence-corrected chi connectivity index (χ2v) is 3.79. The maximum atomic E-state index is 13.1. The smallest absolute Gasteiger partial charge is 0.258 e. The molecule has 8 heteroatoms. The Bertz CT molecular complexity index is 580. The highest BCUT2D eigenvalue weighted by Gasteiger charge is 2.43. The Balaban J connectivity index is 2.47. The van der Waals surface area contributed by atoms with E-state index in [4.69, 9.17) is 0 Å². The molecular formula is C11H8F3N3O2. The van der Waals surface area contributed by atoms with Gasteiger partial charge in [0.1, 0.15) is 12.4 Å². The number of aromatic nitrogens is 2. The van der Waals surface area contributed by atoms with Gasteiger partial charge < -0.3 is 0 Å². The molecule has 1 atom stereocenters. The van der Waals surface area contributed by atoms with Gasteiger partial charge in [-0.2, -0.15) is 18.3 Å². The number of hydrogen-bond donors (Lipinski definition) is 0. The molecule has 0 amide bonds. The van der Waals surface area contributed by atoms with Crippen molar-refractivity contribution >= 4 is 5.69 Å². The third-order valence-electron chi connectivity index (χ3n) is 2.49. The number of alkyl halides is 3. The Hall–Kier alpha value is -2.38. The normalized spacial score (nSPS) is 13.2. The second-order valence-electron chi connectivity index (χ2n) is 3.79. The molecule has 0 aliphatic carbocycles. The van der Waals surface area contributed by atoms with Crippen molar-refractivity contribution in [1.82, 2.24) is 9.78 Å². The molecule has 1 heterocycles. The molecule has 2 rings (SSSR count). The molecular weight excluding hydrogens is 263 g/mol. The SMILES string of the molecule is O=[N+]([O-])c1cnn(C(c2ccccc2)C(F)(F)F)c1. The Labute approximate surface area is 105 Å². The second kappa shape index (κ2) is 4.71. The van der Waals surface area contributed by atoms with Gasteiger partial charge in [0.2, 0.25) is 0 Å². The molecule has 5 nitrogen and oxygen atoms in total. The maximum absolute atomic E-state index is 13.1. The minimum atomic E-state index is -4.60. The molecule has 0 spiro atoms. The molecule has 0 radical (unpaired) electrons. The molecule has 0 saturated heterocycles. The van der Waals surface area contributed by atoms with Gasteiger partial charge in [-0.3, -0.25) is 10.1 Å². The lowest BCUT2D eigenvalue weighted by Crippen LogP contribution is -2.28. The molecule has 2 aromatic rings. The van der Waals surface area contributed by atoms with Crippen molar-refractivity contribution in [2.24, 2.45) is 0 Å². The molecule has 0 bridgehead atoms. The first-order valence-corrected chi connectivity index (χ1v) is 5.20. The zero-order valence-corrected chi connectivity index (χ0v) is 9.41. The fourth-order valence-corrected chi connectivity index (χ4v) is 1.69. The fraction of sp³-hybridized carbons (Fsp3) is 0.182. The quantitative estimate of drug-likeness (QED) is 0.637. The van der Waals surface area contributed by atoms with Crippen LogP contribution in [0.4, 0.5) is 18.9 Å². The van der Waals surface area contributed by atoms with Crippen LogP contribution in [0.1, 0.15) is 11.6 Å². The molecule has 0 aliphatic heterocycles. The first-order chi connectivity index (χ1) is 8.89. The lowest BCUT2D eigenvalue weighted by molar-refractivity contribution is -0.385. The molecule has 1 aromatic carbocycles. The van der Waals surface area contributed by atoms with E-state index in [-0.39, 0.29) is 5.56 Å². The van der Waals surface area contributed by atoms with E-state index in [1.165, 1.54) is 24.3 Å². The summed E-state index contributed by atoms with van der Waals surface area (Å²) in [6.45, 7) is 0. The van der Waals surface area contributed by atoms with E-state index in [0.717, 1.165) is 12.4 Å². The van der Waals surface area contributed by atoms with Crippen molar-refractivity contribution in [2.75, 3.05) is 0 Å². The van der Waals surface area contributed by atoms with E-state index in [0.29, 0.717) is 4.68 Å². The van der Waals surface area contributed by atoms with Gasteiger partial charge in [0.25, 0.3) is 0 Å². The van der Waals surface area contributed by atoms with Crippen LogP contribution in [-0.4, -0.2) is 20.9 Å². The predicted octanol–water partition coefficient (Wildman–Crippen LogP) is 2.94. The molecule has 0 fully saturated rings. The first-order valence-electron chi connectivity index (χ1n) is 5.20. The van der Waals surface area contributed by atoms with E-state index in [9.17, 15) is 23.3 Å². The largest absolute Gasteiger partial charge is 0.415 e. The van der Waals surface area contributed by atoms with Crippen LogP contribution in [0.2, 0.25) is 0 Å². The van der Waals surface area contributed by atoms with Crippen molar-refractivity contribution in [3.63, 3.8) is 0 Å². The highest BCUT2D eigenvalue weighted by Crippen LogP contribution is 2.36. The standard InChI is InChI=1S/C11H8F3N3O2/c12-11(13,14)10(8-4-2-1-3-5-8)16-7-9(6-15-16)17(18)19/h1-7,10H. The van der Waals surface area contributed by atoms with Crippen LogP contribution in [-0.2, 0) is 0 Å². The van der Waals surface area contributed by atoms with E-state index in [1.54, 1.807) is 6.07 Å². The minimum absolute atomic E-state index is 0.0343. The number of nitrogens with zero attached hydrogens (tertiary/aromatic N) is 3. The van der Waals surface area contributed by atoms with Gasteiger partial charge >= 0.3 is 11.9 Å². The van der Waals surface area contributed by atoms with Crippen molar-refractivity contribution in [2.45, 2.75) is 12.2 Å². The van der Waals surface area contributed by atoms with Crippen LogP contribution in [0, 0.1) is 10.1 Å². The highest BCUT2D eigenvalue weighted by molar-refractivity contribution is 5.26. The minimum Gasteiger partial charge on any atom is -0.258 e. The van der Waals surface area contributed by atoms with E-state index in [2.05, 4.69) is 5.10 Å². The molecule has 0 N–H and O–H groups in total. The zero-order valence-electron chi connectivity index (χ0n) is 9.41. The number of hydrogen-bond acceptors (Lipinski definition) is 3. The molecule has 0 aliphatic rings. The monoisotopic (exact) mass is 271 g/mol. The summed E-state index contributed by atoms with van der Waals surface area (Å²) in [4.78, 5) is 9.70. The number of benzene rings is 1. The van der Waals surface area contributed by atoms with E-state index in [1.807, 2.05) is 0 Å². The van der Waals surface area contributed by atoms with Crippen molar-refractivity contribution in [3.8, 4) is 0 Å². The van der Waals surface area contributed by atoms with Crippen molar-refractivity contribution < 1.29 is 18.1 Å². The van der Waals surface area contributed by atoms with Gasteiger partial charge in [-0.15, -0.1) is 0 Å². The van der Waals surface area contributed by atoms with Crippen LogP contribution >= 0.6 is 0 Å². The van der Waals surface area contributed by atoms with Gasteiger partial charge in [-0.05, 0) is 5.56 Å². The lowest BCUT2D eigenvalue weighted by Gasteiger charge is -2.20. The van der Waals surface area contributed by atoms with Gasteiger partial charge in [-0.25, -0.2) is 4.68 Å². The zero-order chi connectivity index (χ0) is 14.0. The van der Waals surface area contributed by atoms with Crippen LogP contribution in [0.5, 0.6) is 0 Å². The van der Waals surface area contributed by atoms with Crippen LogP contribution in [0.3, 0.4) is 0 Å². The third kappa shape index (κ3) is 2.72. The van der Waals surface area contributed by atoms with E-state index >= 15 is 0 Å². The summed E-state index contributed by atoms with van der Waals surface area (Å²) in [5.41, 5.74) is -0.516. The van der Waals surface area contributed by atoms with Crippen molar-refractivity contribution in [3.05, 3.63) is 58.4 Å². The van der Waals surface area contributed by atoms with Crippen molar-refractivity contribution in [1.29, 1.82) is 0 Å². The Morgan fingerprint density at radius 1 is 1.26 bits per heavy atom. The lowest BCUT2D eigenvalue weighted by atomic mass is 10.1. The predicted molar refractivity (Wildman–Crippen MR) is 59.5 cm³/mol. The Morgan fingerprint density at radius 2 is 1.89 bits per heavy atom. The maximum Gasteiger partial charge on any atom is 0.415 e. The summed E-state index contributed by atoms with van der Waals surface area (Å²) in [5, 5.41) is 13.9. The summed E-state index contributed by atoms with van der Waals surface area (Å²) in [6.07, 6.45) is -3.03. The summed E-state index contributed by atoms with van der Waals surface area (Å²) in [5.74, 6) is 0. The van der Waals surface area contributed by atoms with Crippen LogP contribution in [0.25, 0.3) is 0 Å². The third-order valence-corrected chi connectivity index (χ3v) is 2.49. The van der Waals surface area contributed by atoms with Crippen LogP contribution in [0.15, 0.2) is 42.7 Å². The summed E-state index contributed by atoms with van der Waals surface area (Å²) >= 11 is 0. The van der Waals surface area contributed by atoms with Crippen LogP contribution < -0.4 is 0 Å². The number of halogens is 3. The Morgan fingerprint density at radius 3 is 2.37 bits per heavy atom. The molecule has 19 heavy (non-hydrogen) atoms. The van der Waals surface area contributed by atoms with E-state index < -0.39 is 22.8 Å². The van der Waals surface area contributed by atoms with Gasteiger partial charge in [0, 0.05) is 0 Å².